The van der Waals surface area contributed by atoms with Crippen molar-refractivity contribution in [2.45, 2.75) is 52.1 Å². The number of amides is 1. The number of carbonyl (C=O) groups is 1. The van der Waals surface area contributed by atoms with Crippen molar-refractivity contribution in [3.8, 4) is 0 Å². The van der Waals surface area contributed by atoms with E-state index >= 15 is 0 Å². The van der Waals surface area contributed by atoms with Gasteiger partial charge in [0.2, 0.25) is 15.9 Å². The van der Waals surface area contributed by atoms with Crippen LogP contribution in [0.1, 0.15) is 30.8 Å². The van der Waals surface area contributed by atoms with Crippen LogP contribution in [-0.2, 0) is 27.8 Å². The number of aryl methyl sites for hydroxylation is 1. The van der Waals surface area contributed by atoms with Crippen LogP contribution in [0.15, 0.2) is 0 Å². The maximum absolute atomic E-state index is 12.4. The number of halogens is 3. The second-order valence-corrected chi connectivity index (χ2v) is 7.45. The zero-order valence-corrected chi connectivity index (χ0v) is 13.5. The predicted octanol–water partition coefficient (Wildman–Crippen LogP) is 1.46. The van der Waals surface area contributed by atoms with E-state index in [2.05, 4.69) is 5.10 Å². The van der Waals surface area contributed by atoms with Gasteiger partial charge in [-0.25, -0.2) is 8.42 Å². The predicted molar refractivity (Wildman–Crippen MR) is 73.7 cm³/mol. The molecule has 126 valence electrons. The lowest BCUT2D eigenvalue weighted by Gasteiger charge is -2.10. The highest BCUT2D eigenvalue weighted by molar-refractivity contribution is 7.90. The molecule has 1 N–H and O–H groups in total. The summed E-state index contributed by atoms with van der Waals surface area (Å²) < 4.78 is 63.1. The van der Waals surface area contributed by atoms with Gasteiger partial charge >= 0.3 is 6.18 Å². The summed E-state index contributed by atoms with van der Waals surface area (Å²) in [7, 11) is -3.77. The maximum atomic E-state index is 12.4. The topological polar surface area (TPSA) is 81.1 Å². The Bertz CT molecular complexity index is 663. The molecule has 1 amide bonds. The molecule has 0 saturated carbocycles. The zero-order chi connectivity index (χ0) is 17.3. The quantitative estimate of drug-likeness (QED) is 0.879. The first kappa shape index (κ1) is 18.5. The molecule has 10 heteroatoms. The van der Waals surface area contributed by atoms with E-state index in [-0.39, 0.29) is 17.8 Å². The van der Waals surface area contributed by atoms with Gasteiger partial charge in [0.15, 0.2) is 0 Å². The first-order valence-electron chi connectivity index (χ1n) is 6.47. The van der Waals surface area contributed by atoms with Crippen LogP contribution in [0.2, 0.25) is 0 Å². The number of carbonyl (C=O) groups excluding carboxylic acids is 1. The highest BCUT2D eigenvalue weighted by atomic mass is 32.2. The molecule has 0 radical (unpaired) electrons. The molecule has 0 saturated heterocycles. The Kier molecular flexibility index (Phi) is 5.26. The number of nitrogens with one attached hydrogen (secondary N) is 1. The van der Waals surface area contributed by atoms with E-state index in [4.69, 9.17) is 0 Å². The van der Waals surface area contributed by atoms with Gasteiger partial charge in [-0.2, -0.15) is 18.3 Å². The number of hydrogen-bond acceptors (Lipinski definition) is 4. The van der Waals surface area contributed by atoms with Crippen molar-refractivity contribution in [2.75, 3.05) is 0 Å². The Morgan fingerprint density at radius 2 is 1.86 bits per heavy atom. The molecule has 0 aromatic carbocycles. The van der Waals surface area contributed by atoms with Crippen LogP contribution >= 0.6 is 0 Å². The van der Waals surface area contributed by atoms with Gasteiger partial charge in [-0.3, -0.25) is 14.2 Å². The lowest BCUT2D eigenvalue weighted by molar-refractivity contribution is -0.143. The number of alkyl halides is 3. The van der Waals surface area contributed by atoms with Gasteiger partial charge in [-0.1, -0.05) is 0 Å². The molecule has 0 bridgehead atoms. The third-order valence-electron chi connectivity index (χ3n) is 3.07. The SMILES string of the molecule is Cc1nn(CC(F)(F)F)c(C)c1CC(=O)NS(=O)(=O)C(C)C. The van der Waals surface area contributed by atoms with Crippen LogP contribution in [0.3, 0.4) is 0 Å². The zero-order valence-electron chi connectivity index (χ0n) is 12.7. The summed E-state index contributed by atoms with van der Waals surface area (Å²) in [5.41, 5.74) is 0.742. The van der Waals surface area contributed by atoms with E-state index in [0.29, 0.717) is 5.56 Å². The molecule has 0 unspecified atom stereocenters. The summed E-state index contributed by atoms with van der Waals surface area (Å²) >= 11 is 0. The van der Waals surface area contributed by atoms with E-state index in [1.807, 2.05) is 4.72 Å². The second-order valence-electron chi connectivity index (χ2n) is 5.22. The standard InChI is InChI=1S/C12H18F3N3O3S/c1-7(2)22(20,21)17-11(19)5-10-8(3)16-18(9(10)4)6-12(13,14)15/h7H,5-6H2,1-4H3,(H,17,19). The molecular weight excluding hydrogens is 323 g/mol. The van der Waals surface area contributed by atoms with Gasteiger partial charge in [0.05, 0.1) is 17.4 Å². The molecule has 1 heterocycles. The lowest BCUT2D eigenvalue weighted by Crippen LogP contribution is -2.36. The van der Waals surface area contributed by atoms with Crippen molar-refractivity contribution >= 4 is 15.9 Å². The molecular formula is C12H18F3N3O3S. The third-order valence-corrected chi connectivity index (χ3v) is 4.83. The fraction of sp³-hybridized carbons (Fsp3) is 0.667. The third kappa shape index (κ3) is 4.72. The minimum Gasteiger partial charge on any atom is -0.274 e. The molecule has 1 rings (SSSR count). The van der Waals surface area contributed by atoms with Gasteiger partial charge < -0.3 is 0 Å². The van der Waals surface area contributed by atoms with Gasteiger partial charge in [0.25, 0.3) is 0 Å². The van der Waals surface area contributed by atoms with Crippen molar-refractivity contribution in [2.24, 2.45) is 0 Å². The average molecular weight is 341 g/mol. The Labute approximate surface area is 126 Å². The average Bonchev–Trinajstić information content (AvgIpc) is 2.53. The minimum absolute atomic E-state index is 0.187. The molecule has 22 heavy (non-hydrogen) atoms. The van der Waals surface area contributed by atoms with Gasteiger partial charge in [0.1, 0.15) is 6.54 Å². The van der Waals surface area contributed by atoms with Crippen molar-refractivity contribution in [1.82, 2.24) is 14.5 Å². The summed E-state index contributed by atoms with van der Waals surface area (Å²) in [6.07, 6.45) is -4.77. The van der Waals surface area contributed by atoms with Crippen molar-refractivity contribution in [1.29, 1.82) is 0 Å². The van der Waals surface area contributed by atoms with E-state index in [9.17, 15) is 26.4 Å². The first-order valence-corrected chi connectivity index (χ1v) is 8.02. The molecule has 1 aromatic heterocycles. The van der Waals surface area contributed by atoms with Crippen LogP contribution in [0.25, 0.3) is 0 Å². The van der Waals surface area contributed by atoms with E-state index in [1.54, 1.807) is 0 Å². The van der Waals surface area contributed by atoms with Crippen LogP contribution in [0.5, 0.6) is 0 Å². The first-order chi connectivity index (χ1) is 9.83. The summed E-state index contributed by atoms with van der Waals surface area (Å²) in [5, 5.41) is 2.96. The molecule has 0 aliphatic heterocycles. The minimum atomic E-state index is -4.43. The molecule has 0 aliphatic rings. The fourth-order valence-corrected chi connectivity index (χ4v) is 2.41. The lowest BCUT2D eigenvalue weighted by atomic mass is 10.1. The molecule has 0 aliphatic carbocycles. The molecule has 6 nitrogen and oxygen atoms in total. The number of nitrogens with zero attached hydrogens (tertiary/aromatic N) is 2. The van der Waals surface area contributed by atoms with Crippen LogP contribution in [-0.4, -0.2) is 35.5 Å². The number of sulfonamides is 1. The van der Waals surface area contributed by atoms with Gasteiger partial charge in [-0.15, -0.1) is 0 Å². The Hall–Kier alpha value is -1.58. The number of hydrogen-bond donors (Lipinski definition) is 1. The van der Waals surface area contributed by atoms with Crippen molar-refractivity contribution in [3.63, 3.8) is 0 Å². The Morgan fingerprint density at radius 3 is 2.32 bits per heavy atom. The maximum Gasteiger partial charge on any atom is 0.408 e. The Balaban J connectivity index is 2.93. The van der Waals surface area contributed by atoms with Gasteiger partial charge in [0, 0.05) is 11.3 Å². The number of rotatable bonds is 5. The molecule has 0 fully saturated rings. The highest BCUT2D eigenvalue weighted by Gasteiger charge is 2.30. The number of aromatic nitrogens is 2. The highest BCUT2D eigenvalue weighted by Crippen LogP contribution is 2.21. The van der Waals surface area contributed by atoms with Crippen LogP contribution in [0.4, 0.5) is 13.2 Å². The van der Waals surface area contributed by atoms with E-state index in [1.165, 1.54) is 27.7 Å². The van der Waals surface area contributed by atoms with Crippen LogP contribution in [0, 0.1) is 13.8 Å². The summed E-state index contributed by atoms with van der Waals surface area (Å²) in [4.78, 5) is 11.8. The normalized spacial score (nSPS) is 12.7. The summed E-state index contributed by atoms with van der Waals surface area (Å²) in [6.45, 7) is 4.44. The summed E-state index contributed by atoms with van der Waals surface area (Å²) in [5.74, 6) is -0.800. The second kappa shape index (κ2) is 6.27. The monoisotopic (exact) mass is 341 g/mol. The summed E-state index contributed by atoms with van der Waals surface area (Å²) in [6, 6.07) is 0. The molecule has 0 spiro atoms. The fourth-order valence-electron chi connectivity index (χ4n) is 1.79. The van der Waals surface area contributed by atoms with E-state index in [0.717, 1.165) is 4.68 Å². The van der Waals surface area contributed by atoms with E-state index < -0.39 is 33.9 Å². The van der Waals surface area contributed by atoms with Crippen molar-refractivity contribution in [3.05, 3.63) is 17.0 Å². The molecule has 0 atom stereocenters. The van der Waals surface area contributed by atoms with Crippen molar-refractivity contribution < 1.29 is 26.4 Å². The largest absolute Gasteiger partial charge is 0.408 e. The smallest absolute Gasteiger partial charge is 0.274 e. The van der Waals surface area contributed by atoms with Gasteiger partial charge in [-0.05, 0) is 27.7 Å². The molecule has 1 aromatic rings. The van der Waals surface area contributed by atoms with Crippen LogP contribution < -0.4 is 4.72 Å². The Morgan fingerprint density at radius 1 is 1.32 bits per heavy atom.